The second kappa shape index (κ2) is 9.26. The van der Waals surface area contributed by atoms with E-state index in [2.05, 4.69) is 17.2 Å². The molecular formula is C19H19Cl3N2O4S. The van der Waals surface area contributed by atoms with Gasteiger partial charge in [-0.3, -0.25) is 4.79 Å². The predicted molar refractivity (Wildman–Crippen MR) is 117 cm³/mol. The first kappa shape index (κ1) is 23.3. The zero-order chi connectivity index (χ0) is 21.8. The average molecular weight is 478 g/mol. The summed E-state index contributed by atoms with van der Waals surface area (Å²) >= 11 is 18.1. The molecule has 156 valence electrons. The van der Waals surface area contributed by atoms with Crippen LogP contribution in [-0.2, 0) is 9.84 Å². The molecule has 0 radical (unpaired) electrons. The van der Waals surface area contributed by atoms with E-state index in [0.29, 0.717) is 11.3 Å². The fourth-order valence-electron chi connectivity index (χ4n) is 2.46. The highest BCUT2D eigenvalue weighted by Gasteiger charge is 2.35. The minimum atomic E-state index is -3.66. The van der Waals surface area contributed by atoms with E-state index in [1.54, 1.807) is 31.2 Å². The third-order valence-corrected chi connectivity index (χ3v) is 6.02. The minimum Gasteiger partial charge on any atom is -0.495 e. The molecule has 6 nitrogen and oxygen atoms in total. The molecule has 0 bridgehead atoms. The van der Waals surface area contributed by atoms with Gasteiger partial charge in [0.25, 0.3) is 5.91 Å². The minimum absolute atomic E-state index is 0.00993. The molecule has 29 heavy (non-hydrogen) atoms. The van der Waals surface area contributed by atoms with Gasteiger partial charge in [-0.2, -0.15) is 0 Å². The van der Waals surface area contributed by atoms with Crippen LogP contribution < -0.4 is 15.4 Å². The summed E-state index contributed by atoms with van der Waals surface area (Å²) in [5.74, 6) is -0.269. The first-order valence-corrected chi connectivity index (χ1v) is 10.9. The fourth-order valence-corrected chi connectivity index (χ4v) is 3.50. The number of ether oxygens (including phenoxy) is 1. The highest BCUT2D eigenvalue weighted by atomic mass is 35.6. The van der Waals surface area contributed by atoms with Crippen LogP contribution in [0.3, 0.4) is 0 Å². The molecule has 0 spiro atoms. The topological polar surface area (TPSA) is 84.5 Å². The van der Waals surface area contributed by atoms with Crippen LogP contribution in [0.4, 0.5) is 5.69 Å². The molecule has 1 amide bonds. The lowest BCUT2D eigenvalue weighted by molar-refractivity contribution is 0.0941. The van der Waals surface area contributed by atoms with Gasteiger partial charge in [0.05, 0.1) is 17.7 Å². The smallest absolute Gasteiger partial charge is 0.253 e. The number of halogens is 3. The molecular weight excluding hydrogens is 459 g/mol. The lowest BCUT2D eigenvalue weighted by atomic mass is 10.1. The number of aryl methyl sites for hydroxylation is 1. The summed E-state index contributed by atoms with van der Waals surface area (Å²) in [6, 6.07) is 11.1. The van der Waals surface area contributed by atoms with Crippen molar-refractivity contribution in [1.82, 2.24) is 5.32 Å². The maximum Gasteiger partial charge on any atom is 0.253 e. The Morgan fingerprint density at radius 3 is 2.41 bits per heavy atom. The van der Waals surface area contributed by atoms with E-state index in [1.807, 2.05) is 0 Å². The van der Waals surface area contributed by atoms with Gasteiger partial charge in [-0.15, -0.1) is 0 Å². The van der Waals surface area contributed by atoms with Gasteiger partial charge in [-0.25, -0.2) is 8.42 Å². The summed E-state index contributed by atoms with van der Waals surface area (Å²) in [5, 5.41) is 6.35. The third-order valence-electron chi connectivity index (χ3n) is 4.01. The lowest BCUT2D eigenvalue weighted by Crippen LogP contribution is -2.49. The Morgan fingerprint density at radius 2 is 1.86 bits per heavy atom. The molecule has 0 unspecified atom stereocenters. The van der Waals surface area contributed by atoms with E-state index in [9.17, 15) is 13.2 Å². The van der Waals surface area contributed by atoms with Crippen molar-refractivity contribution >= 4 is 56.2 Å². The average Bonchev–Trinajstić information content (AvgIpc) is 2.67. The van der Waals surface area contributed by atoms with Gasteiger partial charge in [0.15, 0.2) is 9.84 Å². The Balaban J connectivity index is 2.35. The van der Waals surface area contributed by atoms with E-state index in [4.69, 9.17) is 39.5 Å². The number of methoxy groups -OCH3 is 1. The number of hydrogen-bond donors (Lipinski definition) is 2. The van der Waals surface area contributed by atoms with Crippen molar-refractivity contribution in [2.24, 2.45) is 0 Å². The van der Waals surface area contributed by atoms with E-state index in [-0.39, 0.29) is 10.6 Å². The zero-order valence-electron chi connectivity index (χ0n) is 15.6. The molecule has 0 aliphatic heterocycles. The Bertz CT molecular complexity index is 1020. The Labute approximate surface area is 184 Å². The van der Waals surface area contributed by atoms with E-state index in [0.717, 1.165) is 11.0 Å². The first-order chi connectivity index (χ1) is 13.5. The SMILES string of the molecule is C=CS(=O)(=O)c1ccc(N[C@@H](NC(=O)c2ccccc2C)C(Cl)(Cl)Cl)c(OC)c1. The summed E-state index contributed by atoms with van der Waals surface area (Å²) in [6.45, 7) is 5.08. The first-order valence-electron chi connectivity index (χ1n) is 8.25. The molecule has 1 atom stereocenters. The number of carbonyl (C=O) groups is 1. The van der Waals surface area contributed by atoms with Crippen molar-refractivity contribution in [3.63, 3.8) is 0 Å². The number of rotatable bonds is 7. The van der Waals surface area contributed by atoms with Crippen LogP contribution in [0.25, 0.3) is 0 Å². The van der Waals surface area contributed by atoms with Crippen molar-refractivity contribution in [1.29, 1.82) is 0 Å². The molecule has 0 aliphatic carbocycles. The molecule has 0 aromatic heterocycles. The van der Waals surface area contributed by atoms with Gasteiger partial charge in [0.1, 0.15) is 11.9 Å². The van der Waals surface area contributed by atoms with Crippen LogP contribution in [0.5, 0.6) is 5.75 Å². The van der Waals surface area contributed by atoms with Gasteiger partial charge in [-0.05, 0) is 30.7 Å². The number of benzene rings is 2. The molecule has 0 fully saturated rings. The number of anilines is 1. The molecule has 2 rings (SSSR count). The van der Waals surface area contributed by atoms with Gasteiger partial charge < -0.3 is 15.4 Å². The van der Waals surface area contributed by atoms with E-state index >= 15 is 0 Å². The standard InChI is InChI=1S/C19H19Cl3N2O4S/c1-4-29(26,27)13-9-10-15(16(11-13)28-3)23-18(19(20,21)22)24-17(25)14-8-6-5-7-12(14)2/h4-11,18,23H,1H2,2-3H3,(H,24,25)/t18-/m0/s1. The summed E-state index contributed by atoms with van der Waals surface area (Å²) in [4.78, 5) is 12.6. The van der Waals surface area contributed by atoms with Crippen LogP contribution in [0, 0.1) is 6.92 Å². The van der Waals surface area contributed by atoms with Crippen molar-refractivity contribution in [2.75, 3.05) is 12.4 Å². The van der Waals surface area contributed by atoms with Crippen LogP contribution in [0.15, 0.2) is 59.3 Å². The summed E-state index contributed by atoms with van der Waals surface area (Å²) in [7, 11) is -2.29. The fraction of sp³-hybridized carbons (Fsp3) is 0.211. The van der Waals surface area contributed by atoms with Gasteiger partial charge in [0, 0.05) is 17.0 Å². The molecule has 0 aliphatic rings. The van der Waals surface area contributed by atoms with Gasteiger partial charge in [-0.1, -0.05) is 59.6 Å². The molecule has 10 heteroatoms. The van der Waals surface area contributed by atoms with Crippen molar-refractivity contribution < 1.29 is 17.9 Å². The largest absolute Gasteiger partial charge is 0.495 e. The van der Waals surface area contributed by atoms with Gasteiger partial charge >= 0.3 is 0 Å². The van der Waals surface area contributed by atoms with Crippen LogP contribution in [-0.4, -0.2) is 31.4 Å². The van der Waals surface area contributed by atoms with Gasteiger partial charge in [0.2, 0.25) is 3.79 Å². The zero-order valence-corrected chi connectivity index (χ0v) is 18.7. The number of amides is 1. The second-order valence-corrected chi connectivity index (χ2v) is 10.2. The third kappa shape index (κ3) is 5.79. The van der Waals surface area contributed by atoms with Crippen LogP contribution in [0.2, 0.25) is 0 Å². The van der Waals surface area contributed by atoms with Crippen molar-refractivity contribution in [3.05, 3.63) is 65.6 Å². The maximum atomic E-state index is 12.6. The van der Waals surface area contributed by atoms with Crippen molar-refractivity contribution in [3.8, 4) is 5.75 Å². The highest BCUT2D eigenvalue weighted by molar-refractivity contribution is 7.94. The lowest BCUT2D eigenvalue weighted by Gasteiger charge is -2.28. The number of alkyl halides is 3. The summed E-state index contributed by atoms with van der Waals surface area (Å²) in [6.07, 6.45) is -1.14. The van der Waals surface area contributed by atoms with E-state index in [1.165, 1.54) is 25.3 Å². The summed E-state index contributed by atoms with van der Waals surface area (Å²) < 4.78 is 27.3. The molecule has 2 N–H and O–H groups in total. The number of sulfone groups is 1. The number of carbonyl (C=O) groups excluding carboxylic acids is 1. The maximum absolute atomic E-state index is 12.6. The highest BCUT2D eigenvalue weighted by Crippen LogP contribution is 2.35. The normalized spacial score (nSPS) is 12.7. The quantitative estimate of drug-likeness (QED) is 0.454. The molecule has 2 aromatic carbocycles. The van der Waals surface area contributed by atoms with Crippen LogP contribution >= 0.6 is 34.8 Å². The molecule has 0 saturated heterocycles. The Morgan fingerprint density at radius 1 is 1.21 bits per heavy atom. The van der Waals surface area contributed by atoms with E-state index < -0.39 is 25.7 Å². The monoisotopic (exact) mass is 476 g/mol. The molecule has 0 saturated carbocycles. The Kier molecular flexibility index (Phi) is 7.45. The molecule has 2 aromatic rings. The second-order valence-electron chi connectivity index (χ2n) is 5.98. The van der Waals surface area contributed by atoms with Crippen LogP contribution in [0.1, 0.15) is 15.9 Å². The number of nitrogens with one attached hydrogen (secondary N) is 2. The number of hydrogen-bond acceptors (Lipinski definition) is 5. The summed E-state index contributed by atoms with van der Waals surface area (Å²) in [5.41, 5.74) is 1.49. The molecule has 0 heterocycles. The Hall–Kier alpha value is -1.93. The van der Waals surface area contributed by atoms with Crippen molar-refractivity contribution in [2.45, 2.75) is 21.8 Å². The predicted octanol–water partition coefficient (Wildman–Crippen LogP) is 4.46.